The van der Waals surface area contributed by atoms with Gasteiger partial charge >= 0.3 is 0 Å². The van der Waals surface area contributed by atoms with E-state index in [2.05, 4.69) is 39.9 Å². The van der Waals surface area contributed by atoms with Crippen LogP contribution in [0.4, 0.5) is 0 Å². The van der Waals surface area contributed by atoms with E-state index in [-0.39, 0.29) is 58.7 Å². The number of fused-ring (bicyclic) bond motifs is 2. The second-order valence-corrected chi connectivity index (χ2v) is 20.1. The standard InChI is InChI=1S/C41H66N2O6/c1-23-13-18-48-40(22-23,35-34(49-35)39(6,46)36(2,3)14-9-24-12-17-43-31(42)19-24)30-20-25-7-8-27-32-28(11-16-38(30,5)41(25,32)47)37(4)15-10-26(44)21-29(37)33(27)45/h23-26,28-31,34-35,43-44,46-47H,7-22,42H2,1-6H3/p+1/t23-,24?,25+,26-,28-,29-,30+,31?,34-,35+,37-,38+,39-,40+,41+/m0/s1. The number of aliphatic hydroxyl groups excluding tert-OH is 1. The van der Waals surface area contributed by atoms with Gasteiger partial charge in [0.15, 0.2) is 5.78 Å². The number of hydrogen-bond acceptors (Lipinski definition) is 7. The van der Waals surface area contributed by atoms with Gasteiger partial charge in [-0.1, -0.05) is 34.6 Å². The van der Waals surface area contributed by atoms with Crippen molar-refractivity contribution in [2.75, 3.05) is 13.2 Å². The number of hydrogen-bond donors (Lipinski definition) is 5. The molecule has 3 saturated heterocycles. The third-order valence-electron chi connectivity index (χ3n) is 17.2. The van der Waals surface area contributed by atoms with Gasteiger partial charge in [0, 0.05) is 24.4 Å². The van der Waals surface area contributed by atoms with Crippen LogP contribution in [0.2, 0.25) is 0 Å². The summed E-state index contributed by atoms with van der Waals surface area (Å²) in [4.78, 5) is 14.3. The van der Waals surface area contributed by atoms with Gasteiger partial charge in [-0.2, -0.15) is 0 Å². The average molecular weight is 684 g/mol. The number of ether oxygens (including phenoxy) is 2. The molecule has 8 aliphatic rings. The van der Waals surface area contributed by atoms with Crippen LogP contribution < -0.4 is 11.1 Å². The molecule has 276 valence electrons. The molecule has 0 aromatic rings. The number of carbonyl (C=O) groups excluding carboxylic acids is 1. The van der Waals surface area contributed by atoms with Crippen LogP contribution in [0.15, 0.2) is 11.1 Å². The van der Waals surface area contributed by atoms with Crippen LogP contribution in [0.5, 0.6) is 0 Å². The van der Waals surface area contributed by atoms with Gasteiger partial charge < -0.3 is 30.1 Å². The number of quaternary nitrogens is 1. The Morgan fingerprint density at radius 2 is 1.80 bits per heavy atom. The van der Waals surface area contributed by atoms with Gasteiger partial charge in [0.05, 0.1) is 23.9 Å². The average Bonchev–Trinajstić information content (AvgIpc) is 3.83. The SMILES string of the molecule is C[C@H]1CCO[C@@]([C@@H]2O[C@@H]2[C@](C)(O)C(C)(C)CCC2CC[NH2+]C(N)C2)([C@@H]2C[C@H]3CCC4=C5[C@H](CC[C@@]2(C)[C@]53O)[C@]2(C)CC[C@H](O)C[C@H]2C4=O)C1. The van der Waals surface area contributed by atoms with E-state index in [4.69, 9.17) is 15.2 Å². The van der Waals surface area contributed by atoms with E-state index in [0.29, 0.717) is 24.9 Å². The molecule has 0 aromatic carbocycles. The van der Waals surface area contributed by atoms with Crippen molar-refractivity contribution in [1.82, 2.24) is 0 Å². The molecule has 7 N–H and O–H groups in total. The summed E-state index contributed by atoms with van der Waals surface area (Å²) in [6.07, 6.45) is 11.7. The molecular formula is C41H67N2O6+. The zero-order valence-electron chi connectivity index (χ0n) is 31.3. The fourth-order valence-electron chi connectivity index (χ4n) is 13.7. The van der Waals surface area contributed by atoms with Crippen LogP contribution in [-0.4, -0.2) is 75.5 Å². The summed E-state index contributed by atoms with van der Waals surface area (Å²) in [5.74, 6) is 1.45. The van der Waals surface area contributed by atoms with Crippen molar-refractivity contribution in [3.8, 4) is 0 Å². The minimum absolute atomic E-state index is 0.0632. The summed E-state index contributed by atoms with van der Waals surface area (Å²) in [6.45, 7) is 15.1. The largest absolute Gasteiger partial charge is 0.393 e. The third-order valence-corrected chi connectivity index (χ3v) is 17.2. The Bertz CT molecular complexity index is 1380. The number of allylic oxidation sites excluding steroid dienone is 1. The summed E-state index contributed by atoms with van der Waals surface area (Å²) < 4.78 is 13.9. The van der Waals surface area contributed by atoms with Crippen LogP contribution in [0, 0.1) is 51.8 Å². The molecule has 5 aliphatic carbocycles. The van der Waals surface area contributed by atoms with E-state index < -0.39 is 28.3 Å². The van der Waals surface area contributed by atoms with Gasteiger partial charge in [-0.15, -0.1) is 0 Å². The maximum Gasteiger partial charge on any atom is 0.162 e. The van der Waals surface area contributed by atoms with E-state index in [1.807, 2.05) is 6.92 Å². The monoisotopic (exact) mass is 683 g/mol. The van der Waals surface area contributed by atoms with Crippen molar-refractivity contribution < 1.29 is 34.9 Å². The van der Waals surface area contributed by atoms with Gasteiger partial charge in [-0.25, -0.2) is 0 Å². The number of nitrogens with two attached hydrogens (primary N) is 2. The Labute approximate surface area is 294 Å². The summed E-state index contributed by atoms with van der Waals surface area (Å²) in [5, 5.41) is 38.8. The molecule has 6 fully saturated rings. The molecule has 0 spiro atoms. The molecule has 0 aromatic heterocycles. The molecule has 0 radical (unpaired) electrons. The van der Waals surface area contributed by atoms with Crippen molar-refractivity contribution in [3.63, 3.8) is 0 Å². The minimum Gasteiger partial charge on any atom is -0.393 e. The molecule has 15 atom stereocenters. The predicted octanol–water partition coefficient (Wildman–Crippen LogP) is 4.38. The van der Waals surface area contributed by atoms with Crippen LogP contribution in [0.25, 0.3) is 0 Å². The van der Waals surface area contributed by atoms with E-state index >= 15 is 0 Å². The van der Waals surface area contributed by atoms with Gasteiger partial charge in [0.25, 0.3) is 0 Å². The number of ketones is 1. The molecule has 3 heterocycles. The molecule has 3 saturated carbocycles. The van der Waals surface area contributed by atoms with Crippen molar-refractivity contribution in [1.29, 1.82) is 0 Å². The van der Waals surface area contributed by atoms with Gasteiger partial charge in [0.2, 0.25) is 0 Å². The Morgan fingerprint density at radius 3 is 2.53 bits per heavy atom. The first-order valence-corrected chi connectivity index (χ1v) is 20.3. The van der Waals surface area contributed by atoms with Crippen molar-refractivity contribution in [2.24, 2.45) is 57.5 Å². The first kappa shape index (κ1) is 35.2. The maximum atomic E-state index is 14.3. The Hall–Kier alpha value is -0.870. The van der Waals surface area contributed by atoms with Crippen LogP contribution in [0.3, 0.4) is 0 Å². The molecular weight excluding hydrogens is 616 g/mol. The fourth-order valence-corrected chi connectivity index (χ4v) is 13.7. The molecule has 8 heteroatoms. The quantitative estimate of drug-likeness (QED) is 0.251. The second-order valence-electron chi connectivity index (χ2n) is 20.1. The molecule has 8 rings (SSSR count). The lowest BCUT2D eigenvalue weighted by molar-refractivity contribution is -0.699. The summed E-state index contributed by atoms with van der Waals surface area (Å²) in [5.41, 5.74) is 4.56. The van der Waals surface area contributed by atoms with Crippen LogP contribution in [0.1, 0.15) is 131 Å². The van der Waals surface area contributed by atoms with E-state index in [0.717, 1.165) is 94.7 Å². The lowest BCUT2D eigenvalue weighted by Gasteiger charge is -2.63. The molecule has 49 heavy (non-hydrogen) atoms. The highest BCUT2D eigenvalue weighted by Crippen LogP contribution is 2.75. The summed E-state index contributed by atoms with van der Waals surface area (Å²) >= 11 is 0. The second kappa shape index (κ2) is 11.6. The van der Waals surface area contributed by atoms with Gasteiger partial charge in [-0.3, -0.25) is 10.5 Å². The maximum absolute atomic E-state index is 14.3. The number of epoxide rings is 1. The molecule has 0 amide bonds. The van der Waals surface area contributed by atoms with E-state index in [1.54, 1.807) is 0 Å². The van der Waals surface area contributed by atoms with Gasteiger partial charge in [-0.05, 0) is 142 Å². The topological polar surface area (TPSA) is 142 Å². The lowest BCUT2D eigenvalue weighted by Crippen LogP contribution is -2.94. The minimum atomic E-state index is -1.05. The first-order valence-electron chi connectivity index (χ1n) is 20.3. The number of aliphatic hydroxyl groups is 3. The highest BCUT2D eigenvalue weighted by atomic mass is 16.6. The van der Waals surface area contributed by atoms with Crippen LogP contribution >= 0.6 is 0 Å². The highest BCUT2D eigenvalue weighted by molar-refractivity contribution is 6.00. The number of rotatable bonds is 7. The van der Waals surface area contributed by atoms with Crippen molar-refractivity contribution in [3.05, 3.63) is 11.1 Å². The Balaban J connectivity index is 1.12. The molecule has 0 bridgehead atoms. The number of Topliss-reactive ketones (excluding diaryl/α,β-unsaturated/α-hetero) is 1. The van der Waals surface area contributed by atoms with E-state index in [9.17, 15) is 20.1 Å². The van der Waals surface area contributed by atoms with E-state index in [1.165, 1.54) is 6.42 Å². The Kier molecular flexibility index (Phi) is 8.30. The third kappa shape index (κ3) is 4.89. The fraction of sp³-hybridized carbons (Fsp3) is 0.927. The predicted molar refractivity (Wildman–Crippen MR) is 187 cm³/mol. The summed E-state index contributed by atoms with van der Waals surface area (Å²) in [7, 11) is 0. The molecule has 2 unspecified atom stereocenters. The zero-order chi connectivity index (χ0) is 34.9. The lowest BCUT2D eigenvalue weighted by atomic mass is 9.42. The Morgan fingerprint density at radius 1 is 1.02 bits per heavy atom. The number of carbonyl (C=O) groups is 1. The smallest absolute Gasteiger partial charge is 0.162 e. The van der Waals surface area contributed by atoms with Gasteiger partial charge in [0.1, 0.15) is 24.0 Å². The molecule has 3 aliphatic heterocycles. The number of piperidine rings is 1. The normalized spacial score (nSPS) is 52.3. The van der Waals surface area contributed by atoms with Crippen molar-refractivity contribution in [2.45, 2.75) is 173 Å². The summed E-state index contributed by atoms with van der Waals surface area (Å²) in [6, 6.07) is 0. The zero-order valence-corrected chi connectivity index (χ0v) is 31.3. The highest BCUT2D eigenvalue weighted by Gasteiger charge is 2.77. The van der Waals surface area contributed by atoms with Crippen molar-refractivity contribution >= 4 is 5.78 Å². The molecule has 8 nitrogen and oxygen atoms in total. The van der Waals surface area contributed by atoms with Crippen LogP contribution in [-0.2, 0) is 14.3 Å². The first-order chi connectivity index (χ1) is 23.0.